The monoisotopic (exact) mass is 440 g/mol. The molecule has 29 heavy (non-hydrogen) atoms. The number of nitrogens with two attached hydrogens (primary N) is 1. The highest BCUT2D eigenvalue weighted by Gasteiger charge is 2.39. The Balaban J connectivity index is 2.11. The number of thiazole rings is 1. The highest BCUT2D eigenvalue weighted by atomic mass is 32.2. The zero-order chi connectivity index (χ0) is 21.0. The summed E-state index contributed by atoms with van der Waals surface area (Å²) in [5.41, 5.74) is 5.45. The first-order valence-corrected chi connectivity index (χ1v) is 10.6. The lowest BCUT2D eigenvalue weighted by Gasteiger charge is -2.18. The van der Waals surface area contributed by atoms with Gasteiger partial charge >= 0.3 is 6.18 Å². The van der Waals surface area contributed by atoms with Crippen molar-refractivity contribution in [2.75, 3.05) is 12.0 Å². The van der Waals surface area contributed by atoms with Crippen molar-refractivity contribution in [1.29, 1.82) is 0 Å². The molecule has 0 bridgehead atoms. The standard InChI is InChI=1S/C16H11F3N6O2S2/c1-29(26,27)13-9(16(17,18)19)4-3-8(12(13)14-22-24-25-23-14)7-2-5-10-11(6-7)28-15(20)21-10/h2-6H,1H3,(H2,20,21)(H,22,23,24,25). The fourth-order valence-electron chi connectivity index (χ4n) is 3.04. The van der Waals surface area contributed by atoms with Gasteiger partial charge in [0, 0.05) is 11.8 Å². The molecule has 2 aromatic carbocycles. The summed E-state index contributed by atoms with van der Waals surface area (Å²) in [4.78, 5) is 3.24. The largest absolute Gasteiger partial charge is 0.417 e. The van der Waals surface area contributed by atoms with Gasteiger partial charge in [-0.2, -0.15) is 13.2 Å². The fourth-order valence-corrected chi connectivity index (χ4v) is 4.98. The smallest absolute Gasteiger partial charge is 0.375 e. The van der Waals surface area contributed by atoms with Gasteiger partial charge in [0.05, 0.1) is 20.7 Å². The lowest BCUT2D eigenvalue weighted by Crippen LogP contribution is -2.15. The van der Waals surface area contributed by atoms with Crippen LogP contribution in [0, 0.1) is 0 Å². The van der Waals surface area contributed by atoms with Crippen molar-refractivity contribution in [3.05, 3.63) is 35.9 Å². The second-order valence-electron chi connectivity index (χ2n) is 6.12. The van der Waals surface area contributed by atoms with Crippen molar-refractivity contribution in [2.45, 2.75) is 11.1 Å². The number of nitrogen functional groups attached to an aromatic ring is 1. The van der Waals surface area contributed by atoms with E-state index in [-0.39, 0.29) is 17.0 Å². The maximum atomic E-state index is 13.6. The molecule has 4 aromatic rings. The van der Waals surface area contributed by atoms with E-state index in [1.807, 2.05) is 0 Å². The van der Waals surface area contributed by atoms with Crippen LogP contribution >= 0.6 is 11.3 Å². The molecule has 13 heteroatoms. The average molecular weight is 440 g/mol. The summed E-state index contributed by atoms with van der Waals surface area (Å²) in [6.45, 7) is 0. The maximum Gasteiger partial charge on any atom is 0.417 e. The number of nitrogens with zero attached hydrogens (tertiary/aromatic N) is 4. The maximum absolute atomic E-state index is 13.6. The number of nitrogens with one attached hydrogen (secondary N) is 1. The Kier molecular flexibility index (Phi) is 4.31. The summed E-state index contributed by atoms with van der Waals surface area (Å²) in [7, 11) is -4.31. The van der Waals surface area contributed by atoms with Crippen molar-refractivity contribution >= 4 is 36.5 Å². The first kappa shape index (κ1) is 19.3. The third-order valence-electron chi connectivity index (χ3n) is 4.13. The van der Waals surface area contributed by atoms with Gasteiger partial charge in [0.2, 0.25) is 0 Å². The minimum Gasteiger partial charge on any atom is -0.375 e. The molecule has 2 heterocycles. The van der Waals surface area contributed by atoms with E-state index in [0.29, 0.717) is 27.2 Å². The molecule has 8 nitrogen and oxygen atoms in total. The highest BCUT2D eigenvalue weighted by Crippen LogP contribution is 2.43. The van der Waals surface area contributed by atoms with E-state index < -0.39 is 26.5 Å². The number of hydrogen-bond acceptors (Lipinski definition) is 8. The van der Waals surface area contributed by atoms with E-state index >= 15 is 0 Å². The van der Waals surface area contributed by atoms with Crippen LogP contribution in [0.5, 0.6) is 0 Å². The molecule has 0 saturated heterocycles. The summed E-state index contributed by atoms with van der Waals surface area (Å²) < 4.78 is 66.3. The van der Waals surface area contributed by atoms with Crippen molar-refractivity contribution in [3.8, 4) is 22.5 Å². The fraction of sp³-hybridized carbons (Fsp3) is 0.125. The Labute approximate surface area is 165 Å². The van der Waals surface area contributed by atoms with Gasteiger partial charge < -0.3 is 5.73 Å². The van der Waals surface area contributed by atoms with Crippen LogP contribution in [0.3, 0.4) is 0 Å². The number of anilines is 1. The summed E-state index contributed by atoms with van der Waals surface area (Å²) in [6, 6.07) is 6.87. The molecule has 0 saturated carbocycles. The Morgan fingerprint density at radius 1 is 1.17 bits per heavy atom. The number of alkyl halides is 3. The van der Waals surface area contributed by atoms with Gasteiger partial charge in [-0.15, -0.1) is 5.10 Å². The topological polar surface area (TPSA) is 128 Å². The van der Waals surface area contributed by atoms with Crippen LogP contribution in [-0.2, 0) is 16.0 Å². The first-order chi connectivity index (χ1) is 13.6. The normalized spacial score (nSPS) is 12.6. The molecule has 0 unspecified atom stereocenters. The Hall–Kier alpha value is -3.06. The number of H-pyrrole nitrogens is 1. The van der Waals surface area contributed by atoms with Gasteiger partial charge in [-0.25, -0.2) is 18.5 Å². The SMILES string of the molecule is CS(=O)(=O)c1c(C(F)(F)F)ccc(-c2ccc3nc(N)sc3c2)c1-c1nnn[nH]1. The number of aromatic nitrogens is 5. The van der Waals surface area contributed by atoms with Crippen molar-refractivity contribution in [1.82, 2.24) is 25.6 Å². The van der Waals surface area contributed by atoms with Gasteiger partial charge in [-0.05, 0) is 39.8 Å². The van der Waals surface area contributed by atoms with Gasteiger partial charge in [-0.3, -0.25) is 0 Å². The lowest BCUT2D eigenvalue weighted by molar-refractivity contribution is -0.139. The number of sulfone groups is 1. The molecule has 0 amide bonds. The van der Waals surface area contributed by atoms with E-state index in [9.17, 15) is 21.6 Å². The number of aromatic amines is 1. The Morgan fingerprint density at radius 2 is 1.93 bits per heavy atom. The minimum absolute atomic E-state index is 0.199. The molecular weight excluding hydrogens is 429 g/mol. The molecule has 4 rings (SSSR count). The summed E-state index contributed by atoms with van der Waals surface area (Å²) in [5, 5.41) is 13.1. The van der Waals surface area contributed by atoms with Crippen LogP contribution in [-0.4, -0.2) is 40.3 Å². The first-order valence-electron chi connectivity index (χ1n) is 7.90. The predicted octanol–water partition coefficient (Wildman–Crippen LogP) is 3.15. The molecule has 150 valence electrons. The lowest BCUT2D eigenvalue weighted by atomic mass is 9.96. The molecule has 2 aromatic heterocycles. The molecule has 0 spiro atoms. The Morgan fingerprint density at radius 3 is 2.55 bits per heavy atom. The number of rotatable bonds is 3. The van der Waals surface area contributed by atoms with Crippen molar-refractivity contribution in [2.24, 2.45) is 0 Å². The predicted molar refractivity (Wildman–Crippen MR) is 101 cm³/mol. The molecule has 0 aliphatic rings. The van der Waals surface area contributed by atoms with Gasteiger partial charge in [-0.1, -0.05) is 23.5 Å². The molecule has 0 aliphatic carbocycles. The molecule has 0 aliphatic heterocycles. The zero-order valence-electron chi connectivity index (χ0n) is 14.5. The quantitative estimate of drug-likeness (QED) is 0.501. The number of fused-ring (bicyclic) bond motifs is 1. The molecular formula is C16H11F3N6O2S2. The highest BCUT2D eigenvalue weighted by molar-refractivity contribution is 7.91. The van der Waals surface area contributed by atoms with Crippen LogP contribution in [0.15, 0.2) is 35.2 Å². The second-order valence-corrected chi connectivity index (χ2v) is 9.13. The van der Waals surface area contributed by atoms with Gasteiger partial charge in [0.1, 0.15) is 0 Å². The van der Waals surface area contributed by atoms with Gasteiger partial charge in [0.25, 0.3) is 0 Å². The minimum atomic E-state index is -4.89. The van der Waals surface area contributed by atoms with Crippen LogP contribution in [0.1, 0.15) is 5.56 Å². The average Bonchev–Trinajstić information content (AvgIpc) is 3.26. The van der Waals surface area contributed by atoms with E-state index in [4.69, 9.17) is 5.73 Å². The second kappa shape index (κ2) is 6.49. The molecule has 3 N–H and O–H groups in total. The summed E-state index contributed by atoms with van der Waals surface area (Å²) in [6.07, 6.45) is -4.18. The van der Waals surface area contributed by atoms with Gasteiger partial charge in [0.15, 0.2) is 20.8 Å². The van der Waals surface area contributed by atoms with E-state index in [1.54, 1.807) is 18.2 Å². The number of tetrazole rings is 1. The van der Waals surface area contributed by atoms with Crippen molar-refractivity contribution < 1.29 is 21.6 Å². The van der Waals surface area contributed by atoms with Crippen LogP contribution in [0.25, 0.3) is 32.7 Å². The van der Waals surface area contributed by atoms with E-state index in [0.717, 1.165) is 6.07 Å². The van der Waals surface area contributed by atoms with Crippen molar-refractivity contribution in [3.63, 3.8) is 0 Å². The third kappa shape index (κ3) is 3.42. The molecule has 0 radical (unpaired) electrons. The van der Waals surface area contributed by atoms with E-state index in [1.165, 1.54) is 17.4 Å². The van der Waals surface area contributed by atoms with E-state index in [2.05, 4.69) is 25.6 Å². The molecule has 0 fully saturated rings. The summed E-state index contributed by atoms with van der Waals surface area (Å²) in [5.74, 6) is -0.199. The molecule has 0 atom stereocenters. The zero-order valence-corrected chi connectivity index (χ0v) is 16.2. The Bertz CT molecular complexity index is 1330. The third-order valence-corrected chi connectivity index (χ3v) is 6.14. The van der Waals surface area contributed by atoms with Crippen LogP contribution in [0.4, 0.5) is 18.3 Å². The summed E-state index contributed by atoms with van der Waals surface area (Å²) >= 11 is 1.20. The number of hydrogen-bond donors (Lipinski definition) is 2. The van der Waals surface area contributed by atoms with Crippen LogP contribution in [0.2, 0.25) is 0 Å². The number of benzene rings is 2. The number of halogens is 3. The van der Waals surface area contributed by atoms with Crippen LogP contribution < -0.4 is 5.73 Å².